The molecule has 0 radical (unpaired) electrons. The van der Waals surface area contributed by atoms with Gasteiger partial charge in [-0.05, 0) is 49.4 Å². The molecule has 8 heteroatoms. The maximum absolute atomic E-state index is 12.8. The molecular formula is C15H21FN4O2S. The first-order valence-electron chi connectivity index (χ1n) is 7.55. The predicted octanol–water partition coefficient (Wildman–Crippen LogP) is 0.657. The molecule has 1 aliphatic heterocycles. The molecule has 2 rings (SSSR count). The number of ether oxygens (including phenoxy) is 1. The largest absolute Gasteiger partial charge is 0.379 e. The number of nitrogens with one attached hydrogen (secondary N) is 3. The number of morpholine rings is 1. The normalized spacial score (nSPS) is 15.0. The van der Waals surface area contributed by atoms with Gasteiger partial charge in [-0.15, -0.1) is 0 Å². The van der Waals surface area contributed by atoms with E-state index in [1.807, 2.05) is 0 Å². The summed E-state index contributed by atoms with van der Waals surface area (Å²) in [5.41, 5.74) is 5.45. The van der Waals surface area contributed by atoms with Crippen LogP contribution >= 0.6 is 12.2 Å². The number of hydrazine groups is 1. The highest BCUT2D eigenvalue weighted by Gasteiger charge is 2.09. The number of hydrogen-bond donors (Lipinski definition) is 3. The summed E-state index contributed by atoms with van der Waals surface area (Å²) in [5.74, 6) is -0.755. The summed E-state index contributed by atoms with van der Waals surface area (Å²) in [5, 5.41) is 3.38. The van der Waals surface area contributed by atoms with E-state index >= 15 is 0 Å². The van der Waals surface area contributed by atoms with Gasteiger partial charge in [0.05, 0.1) is 13.2 Å². The Balaban J connectivity index is 1.57. The molecule has 0 aliphatic carbocycles. The Morgan fingerprint density at radius 3 is 2.61 bits per heavy atom. The van der Waals surface area contributed by atoms with Crippen molar-refractivity contribution in [3.63, 3.8) is 0 Å². The number of carbonyl (C=O) groups excluding carboxylic acids is 1. The minimum Gasteiger partial charge on any atom is -0.379 e. The monoisotopic (exact) mass is 340 g/mol. The molecule has 1 heterocycles. The zero-order chi connectivity index (χ0) is 16.5. The summed E-state index contributed by atoms with van der Waals surface area (Å²) in [6, 6.07) is 5.28. The lowest BCUT2D eigenvalue weighted by molar-refractivity contribution is 0.0376. The van der Waals surface area contributed by atoms with E-state index < -0.39 is 0 Å². The average Bonchev–Trinajstić information content (AvgIpc) is 2.58. The van der Waals surface area contributed by atoms with Crippen molar-refractivity contribution >= 4 is 23.2 Å². The third kappa shape index (κ3) is 6.47. The molecule has 0 aromatic heterocycles. The van der Waals surface area contributed by atoms with Gasteiger partial charge in [-0.2, -0.15) is 0 Å². The van der Waals surface area contributed by atoms with Gasteiger partial charge in [0.15, 0.2) is 5.11 Å². The SMILES string of the molecule is O=C(NNC(=S)NCCCN1CCOCC1)c1ccc(F)cc1. The van der Waals surface area contributed by atoms with Crippen molar-refractivity contribution in [3.8, 4) is 0 Å². The maximum atomic E-state index is 12.8. The minimum absolute atomic E-state index is 0.349. The second-order valence-corrected chi connectivity index (χ2v) is 5.56. The first-order chi connectivity index (χ1) is 11.1. The van der Waals surface area contributed by atoms with Crippen LogP contribution in [0, 0.1) is 5.82 Å². The molecule has 3 N–H and O–H groups in total. The van der Waals surface area contributed by atoms with Gasteiger partial charge in [0, 0.05) is 25.2 Å². The molecule has 0 bridgehead atoms. The first-order valence-corrected chi connectivity index (χ1v) is 7.96. The predicted molar refractivity (Wildman–Crippen MR) is 89.5 cm³/mol. The number of halogens is 1. The number of thiocarbonyl (C=S) groups is 1. The number of rotatable bonds is 5. The molecule has 0 unspecified atom stereocenters. The third-order valence-electron chi connectivity index (χ3n) is 3.44. The number of amides is 1. The Bertz CT molecular complexity index is 521. The molecule has 126 valence electrons. The summed E-state index contributed by atoms with van der Waals surface area (Å²) in [6.07, 6.45) is 0.952. The van der Waals surface area contributed by atoms with E-state index in [0.29, 0.717) is 10.7 Å². The molecule has 0 saturated carbocycles. The molecule has 1 aliphatic rings. The van der Waals surface area contributed by atoms with Crippen LogP contribution in [0.1, 0.15) is 16.8 Å². The van der Waals surface area contributed by atoms with E-state index in [9.17, 15) is 9.18 Å². The lowest BCUT2D eigenvalue weighted by Gasteiger charge is -2.26. The molecule has 6 nitrogen and oxygen atoms in total. The van der Waals surface area contributed by atoms with Crippen molar-refractivity contribution in [3.05, 3.63) is 35.6 Å². The number of hydrogen-bond acceptors (Lipinski definition) is 4. The number of nitrogens with zero attached hydrogens (tertiary/aromatic N) is 1. The van der Waals surface area contributed by atoms with Crippen molar-refractivity contribution in [1.82, 2.24) is 21.1 Å². The van der Waals surface area contributed by atoms with E-state index in [2.05, 4.69) is 21.1 Å². The van der Waals surface area contributed by atoms with Crippen molar-refractivity contribution in [1.29, 1.82) is 0 Å². The summed E-state index contributed by atoms with van der Waals surface area (Å²) in [6.45, 7) is 5.23. The Hall–Kier alpha value is -1.77. The van der Waals surface area contributed by atoms with Gasteiger partial charge in [-0.3, -0.25) is 20.5 Å². The van der Waals surface area contributed by atoms with Gasteiger partial charge in [-0.1, -0.05) is 0 Å². The fourth-order valence-corrected chi connectivity index (χ4v) is 2.31. The highest BCUT2D eigenvalue weighted by atomic mass is 32.1. The minimum atomic E-state index is -0.382. The summed E-state index contributed by atoms with van der Waals surface area (Å²) >= 11 is 5.08. The maximum Gasteiger partial charge on any atom is 0.269 e. The van der Waals surface area contributed by atoms with Crippen LogP contribution in [0.2, 0.25) is 0 Å². The van der Waals surface area contributed by atoms with E-state index in [0.717, 1.165) is 45.8 Å². The summed E-state index contributed by atoms with van der Waals surface area (Å²) in [7, 11) is 0. The average molecular weight is 340 g/mol. The second-order valence-electron chi connectivity index (χ2n) is 5.15. The van der Waals surface area contributed by atoms with Crippen LogP contribution in [0.3, 0.4) is 0 Å². The second kappa shape index (κ2) is 9.39. The highest BCUT2D eigenvalue weighted by Crippen LogP contribution is 2.01. The Labute approximate surface area is 140 Å². The molecule has 1 fully saturated rings. The zero-order valence-electron chi connectivity index (χ0n) is 12.8. The van der Waals surface area contributed by atoms with Gasteiger partial charge in [-0.25, -0.2) is 4.39 Å². The lowest BCUT2D eigenvalue weighted by atomic mass is 10.2. The Morgan fingerprint density at radius 1 is 1.22 bits per heavy atom. The van der Waals surface area contributed by atoms with Gasteiger partial charge in [0.2, 0.25) is 0 Å². The molecule has 23 heavy (non-hydrogen) atoms. The Morgan fingerprint density at radius 2 is 1.91 bits per heavy atom. The van der Waals surface area contributed by atoms with Crippen LogP contribution in [0.25, 0.3) is 0 Å². The smallest absolute Gasteiger partial charge is 0.269 e. The van der Waals surface area contributed by atoms with Crippen LogP contribution in [-0.4, -0.2) is 55.3 Å². The van der Waals surface area contributed by atoms with E-state index in [-0.39, 0.29) is 11.7 Å². The quantitative estimate of drug-likeness (QED) is 0.416. The lowest BCUT2D eigenvalue weighted by Crippen LogP contribution is -2.47. The highest BCUT2D eigenvalue weighted by molar-refractivity contribution is 7.80. The van der Waals surface area contributed by atoms with E-state index in [4.69, 9.17) is 17.0 Å². The van der Waals surface area contributed by atoms with Crippen LogP contribution in [0.15, 0.2) is 24.3 Å². The standard InChI is InChI=1S/C15H21FN4O2S/c16-13-4-2-12(3-5-13)14(21)18-19-15(23)17-6-1-7-20-8-10-22-11-9-20/h2-5H,1,6-11H2,(H,18,21)(H2,17,19,23). The van der Waals surface area contributed by atoms with Crippen LogP contribution in [0.4, 0.5) is 4.39 Å². The van der Waals surface area contributed by atoms with Crippen LogP contribution in [0.5, 0.6) is 0 Å². The molecular weight excluding hydrogens is 319 g/mol. The van der Waals surface area contributed by atoms with E-state index in [1.54, 1.807) is 0 Å². The fourth-order valence-electron chi connectivity index (χ4n) is 2.16. The van der Waals surface area contributed by atoms with E-state index in [1.165, 1.54) is 24.3 Å². The zero-order valence-corrected chi connectivity index (χ0v) is 13.6. The Kier molecular flexibility index (Phi) is 7.18. The molecule has 1 aromatic rings. The number of carbonyl (C=O) groups is 1. The van der Waals surface area contributed by atoms with Gasteiger partial charge in [0.1, 0.15) is 5.82 Å². The molecule has 0 atom stereocenters. The van der Waals surface area contributed by atoms with Gasteiger partial charge >= 0.3 is 0 Å². The van der Waals surface area contributed by atoms with Crippen molar-refractivity contribution in [2.75, 3.05) is 39.4 Å². The first kappa shape index (κ1) is 17.6. The summed E-state index contributed by atoms with van der Waals surface area (Å²) in [4.78, 5) is 14.1. The van der Waals surface area contributed by atoms with Crippen molar-refractivity contribution in [2.45, 2.75) is 6.42 Å². The molecule has 0 spiro atoms. The van der Waals surface area contributed by atoms with Crippen LogP contribution in [-0.2, 0) is 4.74 Å². The van der Waals surface area contributed by atoms with Crippen molar-refractivity contribution < 1.29 is 13.9 Å². The van der Waals surface area contributed by atoms with Crippen LogP contribution < -0.4 is 16.2 Å². The van der Waals surface area contributed by atoms with Gasteiger partial charge in [0.25, 0.3) is 5.91 Å². The topological polar surface area (TPSA) is 65.6 Å². The third-order valence-corrected chi connectivity index (χ3v) is 3.68. The van der Waals surface area contributed by atoms with Crippen molar-refractivity contribution in [2.24, 2.45) is 0 Å². The molecule has 1 aromatic carbocycles. The van der Waals surface area contributed by atoms with Gasteiger partial charge < -0.3 is 10.1 Å². The molecule has 1 saturated heterocycles. The fraction of sp³-hybridized carbons (Fsp3) is 0.467. The summed E-state index contributed by atoms with van der Waals surface area (Å²) < 4.78 is 18.1. The molecule has 1 amide bonds. The number of benzene rings is 1.